The molecule has 2 aliphatic rings. The number of carbonyl (C=O) groups excluding carboxylic acids is 1. The molecule has 138 valence electrons. The number of nitrogens with zero attached hydrogens (tertiary/aromatic N) is 2. The second-order valence-electron chi connectivity index (χ2n) is 7.47. The number of amides is 1. The number of aromatic nitrogens is 2. The summed E-state index contributed by atoms with van der Waals surface area (Å²) in [6.07, 6.45) is 9.86. The van der Waals surface area contributed by atoms with Gasteiger partial charge < -0.3 is 9.64 Å². The van der Waals surface area contributed by atoms with Crippen LogP contribution in [0.1, 0.15) is 78.5 Å². The Bertz CT molecular complexity index is 764. The molecular weight excluding hydrogens is 326 g/mol. The number of likely N-dealkylation sites (tertiary alicyclic amines) is 1. The summed E-state index contributed by atoms with van der Waals surface area (Å²) in [5.41, 5.74) is 2.97. The zero-order valence-electron chi connectivity index (χ0n) is 15.4. The Morgan fingerprint density at radius 2 is 2.04 bits per heavy atom. The number of hydrogen-bond donors (Lipinski definition) is 1. The van der Waals surface area contributed by atoms with Crippen LogP contribution in [-0.2, 0) is 0 Å². The number of hydrogen-bond acceptors (Lipinski definition) is 3. The quantitative estimate of drug-likeness (QED) is 0.884. The summed E-state index contributed by atoms with van der Waals surface area (Å²) >= 11 is 0. The predicted octanol–water partition coefficient (Wildman–Crippen LogP) is 4.44. The van der Waals surface area contributed by atoms with Crippen LogP contribution in [0.2, 0.25) is 0 Å². The Labute approximate surface area is 154 Å². The van der Waals surface area contributed by atoms with E-state index in [4.69, 9.17) is 4.74 Å². The third-order valence-electron chi connectivity index (χ3n) is 5.90. The smallest absolute Gasteiger partial charge is 0.257 e. The minimum absolute atomic E-state index is 0.115. The molecule has 1 aliphatic carbocycles. The number of rotatable bonds is 4. The molecule has 0 radical (unpaired) electrons. The molecule has 2 aromatic rings. The van der Waals surface area contributed by atoms with Gasteiger partial charge in [-0.1, -0.05) is 31.4 Å². The van der Waals surface area contributed by atoms with Crippen molar-refractivity contribution in [2.75, 3.05) is 13.7 Å². The summed E-state index contributed by atoms with van der Waals surface area (Å²) in [4.78, 5) is 15.4. The van der Waals surface area contributed by atoms with Gasteiger partial charge in [-0.05, 0) is 43.4 Å². The molecule has 0 spiro atoms. The lowest BCUT2D eigenvalue weighted by molar-refractivity contribution is 0.0733. The SMILES string of the molecule is COc1cccc([C@H]2CCCN2C(=O)c2cn[nH]c2C2CCCCC2)c1. The highest BCUT2D eigenvalue weighted by Gasteiger charge is 2.33. The maximum Gasteiger partial charge on any atom is 0.257 e. The van der Waals surface area contributed by atoms with Gasteiger partial charge in [-0.25, -0.2) is 0 Å². The van der Waals surface area contributed by atoms with Crippen LogP contribution in [0.4, 0.5) is 0 Å². The van der Waals surface area contributed by atoms with E-state index in [1.54, 1.807) is 13.3 Å². The Balaban J connectivity index is 1.58. The van der Waals surface area contributed by atoms with Crippen molar-refractivity contribution in [3.8, 4) is 5.75 Å². The van der Waals surface area contributed by atoms with Gasteiger partial charge in [0.25, 0.3) is 5.91 Å². The van der Waals surface area contributed by atoms with Crippen LogP contribution in [0.5, 0.6) is 5.75 Å². The Hall–Kier alpha value is -2.30. The molecule has 1 aliphatic heterocycles. The standard InChI is InChI=1S/C21H27N3O2/c1-26-17-10-5-9-16(13-17)19-11-6-12-24(19)21(25)18-14-22-23-20(18)15-7-3-2-4-8-15/h5,9-10,13-15,19H,2-4,6-8,11-12H2,1H3,(H,22,23)/t19-/m1/s1. The fourth-order valence-electron chi connectivity index (χ4n) is 4.53. The minimum Gasteiger partial charge on any atom is -0.497 e. The lowest BCUT2D eigenvalue weighted by Gasteiger charge is -2.27. The Morgan fingerprint density at radius 3 is 2.85 bits per heavy atom. The first-order chi connectivity index (χ1) is 12.8. The summed E-state index contributed by atoms with van der Waals surface area (Å²) in [5, 5.41) is 7.36. The molecular formula is C21H27N3O2. The summed E-state index contributed by atoms with van der Waals surface area (Å²) in [5.74, 6) is 1.40. The predicted molar refractivity (Wildman–Crippen MR) is 100 cm³/mol. The van der Waals surface area contributed by atoms with Gasteiger partial charge in [-0.3, -0.25) is 9.89 Å². The van der Waals surface area contributed by atoms with E-state index >= 15 is 0 Å². The van der Waals surface area contributed by atoms with E-state index in [0.29, 0.717) is 5.92 Å². The van der Waals surface area contributed by atoms with Gasteiger partial charge in [0.2, 0.25) is 0 Å². The van der Waals surface area contributed by atoms with E-state index in [9.17, 15) is 4.79 Å². The highest BCUT2D eigenvalue weighted by molar-refractivity contribution is 5.95. The van der Waals surface area contributed by atoms with Crippen molar-refractivity contribution < 1.29 is 9.53 Å². The lowest BCUT2D eigenvalue weighted by Crippen LogP contribution is -2.31. The Morgan fingerprint density at radius 1 is 1.19 bits per heavy atom. The van der Waals surface area contributed by atoms with E-state index in [1.807, 2.05) is 23.1 Å². The molecule has 1 saturated carbocycles. The molecule has 1 saturated heterocycles. The van der Waals surface area contributed by atoms with Crippen LogP contribution < -0.4 is 4.74 Å². The van der Waals surface area contributed by atoms with Gasteiger partial charge in [0.15, 0.2) is 0 Å². The average molecular weight is 353 g/mol. The van der Waals surface area contributed by atoms with Crippen LogP contribution in [0.3, 0.4) is 0 Å². The maximum absolute atomic E-state index is 13.3. The Kier molecular flexibility index (Phi) is 4.96. The lowest BCUT2D eigenvalue weighted by atomic mass is 9.85. The second kappa shape index (κ2) is 7.52. The number of nitrogens with one attached hydrogen (secondary N) is 1. The first-order valence-electron chi connectivity index (χ1n) is 9.76. The largest absolute Gasteiger partial charge is 0.497 e. The van der Waals surface area contributed by atoms with Crippen molar-refractivity contribution in [3.63, 3.8) is 0 Å². The number of aromatic amines is 1. The number of ether oxygens (including phenoxy) is 1. The molecule has 0 bridgehead atoms. The first-order valence-corrected chi connectivity index (χ1v) is 9.76. The normalized spacial score (nSPS) is 21.1. The summed E-state index contributed by atoms with van der Waals surface area (Å²) < 4.78 is 5.36. The fourth-order valence-corrected chi connectivity index (χ4v) is 4.53. The van der Waals surface area contributed by atoms with Crippen molar-refractivity contribution >= 4 is 5.91 Å². The number of methoxy groups -OCH3 is 1. The zero-order chi connectivity index (χ0) is 17.9. The fraction of sp³-hybridized carbons (Fsp3) is 0.524. The highest BCUT2D eigenvalue weighted by Crippen LogP contribution is 2.37. The molecule has 2 fully saturated rings. The van der Waals surface area contributed by atoms with Crippen LogP contribution in [0.15, 0.2) is 30.5 Å². The van der Waals surface area contributed by atoms with Crippen LogP contribution >= 0.6 is 0 Å². The van der Waals surface area contributed by atoms with Gasteiger partial charge in [-0.15, -0.1) is 0 Å². The molecule has 2 heterocycles. The van der Waals surface area contributed by atoms with Crippen LogP contribution in [-0.4, -0.2) is 34.7 Å². The summed E-state index contributed by atoms with van der Waals surface area (Å²) in [7, 11) is 1.68. The maximum atomic E-state index is 13.3. The monoisotopic (exact) mass is 353 g/mol. The average Bonchev–Trinajstić information content (AvgIpc) is 3.38. The van der Waals surface area contributed by atoms with E-state index in [-0.39, 0.29) is 11.9 Å². The molecule has 1 atom stereocenters. The molecule has 0 unspecified atom stereocenters. The third kappa shape index (κ3) is 3.22. The third-order valence-corrected chi connectivity index (χ3v) is 5.90. The van der Waals surface area contributed by atoms with Crippen molar-refractivity contribution in [3.05, 3.63) is 47.3 Å². The molecule has 1 N–H and O–H groups in total. The molecule has 5 nitrogen and oxygen atoms in total. The van der Waals surface area contributed by atoms with Crippen LogP contribution in [0.25, 0.3) is 0 Å². The first kappa shape index (κ1) is 17.1. The summed E-state index contributed by atoms with van der Waals surface area (Å²) in [6.45, 7) is 0.802. The van der Waals surface area contributed by atoms with E-state index in [1.165, 1.54) is 19.3 Å². The van der Waals surface area contributed by atoms with E-state index in [2.05, 4.69) is 16.3 Å². The van der Waals surface area contributed by atoms with E-state index in [0.717, 1.165) is 54.8 Å². The van der Waals surface area contributed by atoms with Crippen molar-refractivity contribution in [1.82, 2.24) is 15.1 Å². The van der Waals surface area contributed by atoms with Gasteiger partial charge in [0, 0.05) is 12.5 Å². The number of H-pyrrole nitrogens is 1. The van der Waals surface area contributed by atoms with Gasteiger partial charge in [0.05, 0.1) is 30.6 Å². The van der Waals surface area contributed by atoms with Gasteiger partial charge >= 0.3 is 0 Å². The highest BCUT2D eigenvalue weighted by atomic mass is 16.5. The van der Waals surface area contributed by atoms with Crippen molar-refractivity contribution in [1.29, 1.82) is 0 Å². The molecule has 5 heteroatoms. The number of carbonyl (C=O) groups is 1. The molecule has 26 heavy (non-hydrogen) atoms. The molecule has 1 aromatic heterocycles. The topological polar surface area (TPSA) is 58.2 Å². The van der Waals surface area contributed by atoms with Crippen LogP contribution in [0, 0.1) is 0 Å². The van der Waals surface area contributed by atoms with Crippen molar-refractivity contribution in [2.24, 2.45) is 0 Å². The van der Waals surface area contributed by atoms with Gasteiger partial charge in [0.1, 0.15) is 5.75 Å². The molecule has 4 rings (SSSR count). The van der Waals surface area contributed by atoms with E-state index < -0.39 is 0 Å². The minimum atomic E-state index is 0.115. The zero-order valence-corrected chi connectivity index (χ0v) is 15.4. The summed E-state index contributed by atoms with van der Waals surface area (Å²) in [6, 6.07) is 8.21. The number of benzene rings is 1. The van der Waals surface area contributed by atoms with Gasteiger partial charge in [-0.2, -0.15) is 5.10 Å². The second-order valence-corrected chi connectivity index (χ2v) is 7.47. The molecule has 1 amide bonds. The van der Waals surface area contributed by atoms with Crippen molar-refractivity contribution in [2.45, 2.75) is 56.9 Å². The molecule has 1 aromatic carbocycles.